The van der Waals surface area contributed by atoms with Crippen molar-refractivity contribution in [1.82, 2.24) is 9.88 Å². The van der Waals surface area contributed by atoms with E-state index in [2.05, 4.69) is 4.98 Å². The molecule has 3 rings (SSSR count). The number of ether oxygens (including phenoxy) is 1. The van der Waals surface area contributed by atoms with Gasteiger partial charge in [-0.3, -0.25) is 4.79 Å². The fourth-order valence-electron chi connectivity index (χ4n) is 3.39. The summed E-state index contributed by atoms with van der Waals surface area (Å²) in [5.41, 5.74) is 1.25. The first-order valence-electron chi connectivity index (χ1n) is 9.50. The van der Waals surface area contributed by atoms with Crippen LogP contribution in [0.25, 0.3) is 10.9 Å². The van der Waals surface area contributed by atoms with Gasteiger partial charge in [0.1, 0.15) is 17.5 Å². The molecular formula is C22H21F3N2O4. The van der Waals surface area contributed by atoms with Gasteiger partial charge < -0.3 is 19.7 Å². The van der Waals surface area contributed by atoms with Crippen LogP contribution in [0, 0.1) is 0 Å². The molecule has 0 bridgehead atoms. The van der Waals surface area contributed by atoms with Crippen LogP contribution in [0.3, 0.4) is 0 Å². The topological polar surface area (TPSA) is 82.6 Å². The molecule has 0 aliphatic carbocycles. The van der Waals surface area contributed by atoms with E-state index in [0.717, 1.165) is 4.90 Å². The van der Waals surface area contributed by atoms with Gasteiger partial charge in [-0.15, -0.1) is 0 Å². The van der Waals surface area contributed by atoms with Crippen molar-refractivity contribution in [2.45, 2.75) is 31.6 Å². The third-order valence-corrected chi connectivity index (χ3v) is 4.89. The van der Waals surface area contributed by atoms with Gasteiger partial charge in [-0.1, -0.05) is 36.4 Å². The maximum atomic E-state index is 13.3. The molecule has 0 spiro atoms. The van der Waals surface area contributed by atoms with Crippen LogP contribution in [0.5, 0.6) is 5.75 Å². The number of carboxylic acids is 1. The number of halogens is 3. The van der Waals surface area contributed by atoms with Crippen molar-refractivity contribution >= 4 is 22.8 Å². The van der Waals surface area contributed by atoms with Gasteiger partial charge in [-0.05, 0) is 30.2 Å². The van der Waals surface area contributed by atoms with Gasteiger partial charge in [0.05, 0.1) is 7.11 Å². The Hall–Kier alpha value is -3.49. The number of alkyl halides is 3. The molecule has 2 aromatic carbocycles. The Labute approximate surface area is 176 Å². The van der Waals surface area contributed by atoms with Gasteiger partial charge >= 0.3 is 12.1 Å². The van der Waals surface area contributed by atoms with Gasteiger partial charge in [0.25, 0.3) is 5.91 Å². The maximum Gasteiger partial charge on any atom is 0.389 e. The predicted octanol–water partition coefficient (Wildman–Crippen LogP) is 4.61. The third-order valence-electron chi connectivity index (χ3n) is 4.89. The molecule has 1 aromatic heterocycles. The Bertz CT molecular complexity index is 1060. The van der Waals surface area contributed by atoms with Crippen LogP contribution in [-0.4, -0.2) is 46.2 Å². The number of benzene rings is 2. The number of hydrogen-bond acceptors (Lipinski definition) is 3. The number of hydrogen-bond donors (Lipinski definition) is 2. The number of aromatic nitrogens is 1. The third kappa shape index (κ3) is 5.36. The summed E-state index contributed by atoms with van der Waals surface area (Å²) in [6, 6.07) is 13.5. The zero-order valence-corrected chi connectivity index (χ0v) is 16.6. The lowest BCUT2D eigenvalue weighted by atomic mass is 10.1. The molecule has 0 aliphatic heterocycles. The lowest BCUT2D eigenvalue weighted by molar-refractivity contribution is -0.149. The molecule has 0 unspecified atom stereocenters. The van der Waals surface area contributed by atoms with Gasteiger partial charge in [0.15, 0.2) is 0 Å². The Balaban J connectivity index is 2.00. The molecule has 1 amide bonds. The van der Waals surface area contributed by atoms with Crippen molar-refractivity contribution in [1.29, 1.82) is 0 Å². The van der Waals surface area contributed by atoms with E-state index in [1.165, 1.54) is 13.2 Å². The summed E-state index contributed by atoms with van der Waals surface area (Å²) in [5, 5.41) is 10.3. The first kappa shape index (κ1) is 22.2. The monoisotopic (exact) mass is 434 g/mol. The number of carbonyl (C=O) groups excluding carboxylic acids is 1. The number of H-pyrrole nitrogens is 1. The van der Waals surface area contributed by atoms with Crippen molar-refractivity contribution in [2.75, 3.05) is 7.11 Å². The first-order chi connectivity index (χ1) is 14.7. The first-order valence-corrected chi connectivity index (χ1v) is 9.50. The summed E-state index contributed by atoms with van der Waals surface area (Å²) >= 11 is 0. The predicted molar refractivity (Wildman–Crippen MR) is 108 cm³/mol. The minimum Gasteiger partial charge on any atom is -0.496 e. The van der Waals surface area contributed by atoms with Crippen molar-refractivity contribution in [3.8, 4) is 5.75 Å². The van der Waals surface area contributed by atoms with Crippen LogP contribution in [0.1, 0.15) is 28.9 Å². The molecule has 1 atom stereocenters. The summed E-state index contributed by atoms with van der Waals surface area (Å²) in [6.45, 7) is -0.152. The molecule has 164 valence electrons. The van der Waals surface area contributed by atoms with E-state index in [-0.39, 0.29) is 12.2 Å². The number of aliphatic carboxylic acids is 1. The maximum absolute atomic E-state index is 13.3. The smallest absolute Gasteiger partial charge is 0.389 e. The second-order valence-electron chi connectivity index (χ2n) is 7.03. The van der Waals surface area contributed by atoms with Crippen LogP contribution in [0.2, 0.25) is 0 Å². The van der Waals surface area contributed by atoms with E-state index >= 15 is 0 Å². The average Bonchev–Trinajstić information content (AvgIpc) is 3.16. The Morgan fingerprint density at radius 3 is 2.45 bits per heavy atom. The van der Waals surface area contributed by atoms with E-state index in [1.54, 1.807) is 48.5 Å². The minimum atomic E-state index is -4.54. The number of fused-ring (bicyclic) bond motifs is 1. The highest BCUT2D eigenvalue weighted by molar-refractivity contribution is 6.01. The summed E-state index contributed by atoms with van der Waals surface area (Å²) in [6.07, 6.45) is -6.60. The van der Waals surface area contributed by atoms with Gasteiger partial charge in [-0.2, -0.15) is 13.2 Å². The van der Waals surface area contributed by atoms with E-state index in [4.69, 9.17) is 4.74 Å². The highest BCUT2D eigenvalue weighted by atomic mass is 19.4. The van der Waals surface area contributed by atoms with E-state index in [9.17, 15) is 27.9 Å². The van der Waals surface area contributed by atoms with Crippen LogP contribution >= 0.6 is 0 Å². The highest BCUT2D eigenvalue weighted by Gasteiger charge is 2.36. The van der Waals surface area contributed by atoms with Crippen LogP contribution in [0.15, 0.2) is 54.6 Å². The summed E-state index contributed by atoms with van der Waals surface area (Å²) in [7, 11) is 1.47. The number of aromatic amines is 1. The zero-order chi connectivity index (χ0) is 22.6. The van der Waals surface area contributed by atoms with Crippen LogP contribution < -0.4 is 4.74 Å². The van der Waals surface area contributed by atoms with Gasteiger partial charge in [0, 0.05) is 23.9 Å². The van der Waals surface area contributed by atoms with Crippen molar-refractivity contribution < 1.29 is 32.6 Å². The quantitative estimate of drug-likeness (QED) is 0.542. The SMILES string of the molecule is COc1cccc2[nH]c(C(=O)N(Cc3ccccc3)[C@@H](CCC(F)(F)F)C(=O)O)cc12. The highest BCUT2D eigenvalue weighted by Crippen LogP contribution is 2.29. The number of carboxylic acid groups (broad SMARTS) is 1. The minimum absolute atomic E-state index is 0.0636. The molecule has 0 radical (unpaired) electrons. The molecule has 0 saturated heterocycles. The van der Waals surface area contributed by atoms with E-state index in [1.807, 2.05) is 0 Å². The number of amides is 1. The average molecular weight is 434 g/mol. The van der Waals surface area contributed by atoms with E-state index < -0.39 is 36.9 Å². The summed E-state index contributed by atoms with van der Waals surface area (Å²) < 4.78 is 43.7. The Kier molecular flexibility index (Phi) is 6.53. The number of carbonyl (C=O) groups is 2. The molecule has 9 heteroatoms. The Morgan fingerprint density at radius 2 is 1.84 bits per heavy atom. The van der Waals surface area contributed by atoms with Crippen molar-refractivity contribution in [3.05, 3.63) is 65.9 Å². The fourth-order valence-corrected chi connectivity index (χ4v) is 3.39. The largest absolute Gasteiger partial charge is 0.496 e. The fraction of sp³-hybridized carbons (Fsp3) is 0.273. The summed E-state index contributed by atoms with van der Waals surface area (Å²) in [5.74, 6) is -1.70. The number of rotatable bonds is 8. The van der Waals surface area contributed by atoms with Crippen LogP contribution in [-0.2, 0) is 11.3 Å². The molecule has 3 aromatic rings. The lowest BCUT2D eigenvalue weighted by Crippen LogP contribution is -2.45. The lowest BCUT2D eigenvalue weighted by Gasteiger charge is -2.29. The molecule has 2 N–H and O–H groups in total. The molecule has 1 heterocycles. The van der Waals surface area contributed by atoms with Gasteiger partial charge in [-0.25, -0.2) is 4.79 Å². The molecule has 6 nitrogen and oxygen atoms in total. The molecule has 0 saturated carbocycles. The van der Waals surface area contributed by atoms with Gasteiger partial charge in [0.2, 0.25) is 0 Å². The zero-order valence-electron chi connectivity index (χ0n) is 16.6. The Morgan fingerprint density at radius 1 is 1.13 bits per heavy atom. The van der Waals surface area contributed by atoms with Crippen molar-refractivity contribution in [3.63, 3.8) is 0 Å². The van der Waals surface area contributed by atoms with Crippen LogP contribution in [0.4, 0.5) is 13.2 Å². The number of nitrogens with zero attached hydrogens (tertiary/aromatic N) is 1. The van der Waals surface area contributed by atoms with Crippen molar-refractivity contribution in [2.24, 2.45) is 0 Å². The normalized spacial score (nSPS) is 12.5. The molecule has 31 heavy (non-hydrogen) atoms. The molecular weight excluding hydrogens is 413 g/mol. The molecule has 0 fully saturated rings. The standard InChI is InChI=1S/C22H21F3N2O4/c1-31-19-9-5-8-16-15(19)12-17(26-16)20(28)27(13-14-6-3-2-4-7-14)18(21(29)30)10-11-22(23,24)25/h2-9,12,18,26H,10-11,13H2,1H3,(H,29,30)/t18-/m0/s1. The second kappa shape index (κ2) is 9.11. The number of nitrogens with one attached hydrogen (secondary N) is 1. The van der Waals surface area contributed by atoms with E-state index in [0.29, 0.717) is 22.2 Å². The summed E-state index contributed by atoms with van der Waals surface area (Å²) in [4.78, 5) is 29.0. The molecule has 0 aliphatic rings. The number of methoxy groups -OCH3 is 1. The second-order valence-corrected chi connectivity index (χ2v) is 7.03.